The van der Waals surface area contributed by atoms with Crippen LogP contribution in [0.4, 0.5) is 8.78 Å². The summed E-state index contributed by atoms with van der Waals surface area (Å²) in [5, 5.41) is 2.70. The van der Waals surface area contributed by atoms with E-state index >= 15 is 0 Å². The second-order valence-electron chi connectivity index (χ2n) is 5.39. The molecule has 0 aromatic heterocycles. The van der Waals surface area contributed by atoms with Crippen molar-refractivity contribution in [3.63, 3.8) is 0 Å². The Morgan fingerprint density at radius 2 is 1.72 bits per heavy atom. The minimum atomic E-state index is -0.897. The molecular weight excluding hydrogens is 328 g/mol. The second-order valence-corrected chi connectivity index (χ2v) is 5.39. The summed E-state index contributed by atoms with van der Waals surface area (Å²) in [6.07, 6.45) is 0. The normalized spacial score (nSPS) is 11.7. The highest BCUT2D eigenvalue weighted by Crippen LogP contribution is 2.30. The number of benzene rings is 2. The van der Waals surface area contributed by atoms with Gasteiger partial charge in [-0.25, -0.2) is 8.78 Å². The molecule has 0 aliphatic rings. The fourth-order valence-corrected chi connectivity index (χ4v) is 2.37. The van der Waals surface area contributed by atoms with E-state index in [0.29, 0.717) is 30.8 Å². The lowest BCUT2D eigenvalue weighted by molar-refractivity contribution is 0.0935. The van der Waals surface area contributed by atoms with Gasteiger partial charge in [0.05, 0.1) is 24.8 Å². The summed E-state index contributed by atoms with van der Waals surface area (Å²) in [5.41, 5.74) is 0.576. The molecule has 4 nitrogen and oxygen atoms in total. The van der Waals surface area contributed by atoms with Gasteiger partial charge in [-0.05, 0) is 50.6 Å². The van der Waals surface area contributed by atoms with Crippen molar-refractivity contribution < 1.29 is 23.0 Å². The first-order chi connectivity index (χ1) is 12.0. The maximum absolute atomic E-state index is 13.7. The topological polar surface area (TPSA) is 47.6 Å². The lowest BCUT2D eigenvalue weighted by atomic mass is 10.1. The zero-order valence-corrected chi connectivity index (χ0v) is 14.4. The van der Waals surface area contributed by atoms with Crippen LogP contribution in [-0.4, -0.2) is 19.1 Å². The molecule has 0 saturated heterocycles. The molecule has 1 atom stereocenters. The van der Waals surface area contributed by atoms with Crippen molar-refractivity contribution in [2.45, 2.75) is 26.8 Å². The first kappa shape index (κ1) is 18.7. The molecule has 0 unspecified atom stereocenters. The van der Waals surface area contributed by atoms with E-state index in [2.05, 4.69) is 5.32 Å². The summed E-state index contributed by atoms with van der Waals surface area (Å²) >= 11 is 0. The number of amides is 1. The molecular formula is C19H21F2NO3. The Balaban J connectivity index is 2.18. The lowest BCUT2D eigenvalue weighted by Gasteiger charge is -2.17. The summed E-state index contributed by atoms with van der Waals surface area (Å²) in [5.74, 6) is -1.04. The van der Waals surface area contributed by atoms with Gasteiger partial charge in [0.25, 0.3) is 5.91 Å². The molecule has 0 aliphatic carbocycles. The third-order valence-electron chi connectivity index (χ3n) is 3.59. The second kappa shape index (κ2) is 8.46. The van der Waals surface area contributed by atoms with E-state index < -0.39 is 23.6 Å². The van der Waals surface area contributed by atoms with Crippen molar-refractivity contribution in [3.05, 3.63) is 59.2 Å². The van der Waals surface area contributed by atoms with Crippen LogP contribution in [0.2, 0.25) is 0 Å². The molecule has 2 aromatic rings. The Labute approximate surface area is 145 Å². The van der Waals surface area contributed by atoms with Crippen molar-refractivity contribution in [2.24, 2.45) is 0 Å². The average Bonchev–Trinajstić information content (AvgIpc) is 2.56. The molecule has 25 heavy (non-hydrogen) atoms. The summed E-state index contributed by atoms with van der Waals surface area (Å²) in [7, 11) is 0. The van der Waals surface area contributed by atoms with Gasteiger partial charge < -0.3 is 14.8 Å². The molecule has 2 rings (SSSR count). The van der Waals surface area contributed by atoms with E-state index in [1.165, 1.54) is 0 Å². The maximum Gasteiger partial charge on any atom is 0.254 e. The van der Waals surface area contributed by atoms with Crippen LogP contribution in [0, 0.1) is 11.6 Å². The van der Waals surface area contributed by atoms with Crippen LogP contribution in [0.5, 0.6) is 11.5 Å². The predicted molar refractivity (Wildman–Crippen MR) is 91.0 cm³/mol. The van der Waals surface area contributed by atoms with Crippen molar-refractivity contribution >= 4 is 5.91 Å². The van der Waals surface area contributed by atoms with Crippen LogP contribution in [0.1, 0.15) is 42.7 Å². The van der Waals surface area contributed by atoms with Crippen LogP contribution in [0.25, 0.3) is 0 Å². The SMILES string of the molecule is CCOc1ccc([C@@H](C)NC(=O)c2ccc(F)cc2F)cc1OCC. The minimum Gasteiger partial charge on any atom is -0.490 e. The molecule has 0 bridgehead atoms. The van der Waals surface area contributed by atoms with Gasteiger partial charge in [-0.15, -0.1) is 0 Å². The van der Waals surface area contributed by atoms with E-state index in [4.69, 9.17) is 9.47 Å². The molecule has 134 valence electrons. The number of hydrogen-bond donors (Lipinski definition) is 1. The molecule has 0 spiro atoms. The van der Waals surface area contributed by atoms with E-state index in [1.54, 1.807) is 25.1 Å². The van der Waals surface area contributed by atoms with Gasteiger partial charge in [0.2, 0.25) is 0 Å². The molecule has 2 aromatic carbocycles. The highest BCUT2D eigenvalue weighted by atomic mass is 19.1. The third kappa shape index (κ3) is 4.68. The van der Waals surface area contributed by atoms with Crippen LogP contribution in [0.3, 0.4) is 0 Å². The first-order valence-electron chi connectivity index (χ1n) is 8.11. The zero-order valence-electron chi connectivity index (χ0n) is 14.4. The highest BCUT2D eigenvalue weighted by Gasteiger charge is 2.17. The first-order valence-corrected chi connectivity index (χ1v) is 8.11. The Morgan fingerprint density at radius 3 is 2.36 bits per heavy atom. The van der Waals surface area contributed by atoms with Gasteiger partial charge >= 0.3 is 0 Å². The van der Waals surface area contributed by atoms with Gasteiger partial charge in [0.1, 0.15) is 11.6 Å². The smallest absolute Gasteiger partial charge is 0.254 e. The van der Waals surface area contributed by atoms with Crippen molar-refractivity contribution in [1.82, 2.24) is 5.32 Å². The number of ether oxygens (including phenoxy) is 2. The minimum absolute atomic E-state index is 0.204. The maximum atomic E-state index is 13.7. The summed E-state index contributed by atoms with van der Waals surface area (Å²) in [4.78, 5) is 12.2. The molecule has 0 radical (unpaired) electrons. The van der Waals surface area contributed by atoms with Gasteiger partial charge in [0.15, 0.2) is 11.5 Å². The third-order valence-corrected chi connectivity index (χ3v) is 3.59. The molecule has 1 N–H and O–H groups in total. The van der Waals surface area contributed by atoms with E-state index in [1.807, 2.05) is 13.8 Å². The number of carbonyl (C=O) groups excluding carboxylic acids is 1. The number of rotatable bonds is 7. The Bertz CT molecular complexity index is 749. The van der Waals surface area contributed by atoms with Crippen molar-refractivity contribution in [3.8, 4) is 11.5 Å². The van der Waals surface area contributed by atoms with E-state index in [9.17, 15) is 13.6 Å². The summed E-state index contributed by atoms with van der Waals surface area (Å²) in [6.45, 7) is 6.50. The van der Waals surface area contributed by atoms with Crippen LogP contribution < -0.4 is 14.8 Å². The zero-order chi connectivity index (χ0) is 18.4. The van der Waals surface area contributed by atoms with Crippen LogP contribution in [-0.2, 0) is 0 Å². The molecule has 1 amide bonds. The Kier molecular flexibility index (Phi) is 6.33. The quantitative estimate of drug-likeness (QED) is 0.813. The summed E-state index contributed by atoms with van der Waals surface area (Å²) < 4.78 is 37.7. The number of hydrogen-bond acceptors (Lipinski definition) is 3. The van der Waals surface area contributed by atoms with Crippen molar-refractivity contribution in [1.29, 1.82) is 0 Å². The van der Waals surface area contributed by atoms with E-state index in [-0.39, 0.29) is 5.56 Å². The largest absolute Gasteiger partial charge is 0.490 e. The molecule has 0 aliphatic heterocycles. The van der Waals surface area contributed by atoms with Gasteiger partial charge in [-0.3, -0.25) is 4.79 Å². The van der Waals surface area contributed by atoms with E-state index in [0.717, 1.165) is 17.7 Å². The average molecular weight is 349 g/mol. The number of halogens is 2. The number of carbonyl (C=O) groups is 1. The fraction of sp³-hybridized carbons (Fsp3) is 0.316. The Morgan fingerprint density at radius 1 is 1.04 bits per heavy atom. The van der Waals surface area contributed by atoms with Crippen molar-refractivity contribution in [2.75, 3.05) is 13.2 Å². The van der Waals surface area contributed by atoms with Crippen LogP contribution in [0.15, 0.2) is 36.4 Å². The summed E-state index contributed by atoms with van der Waals surface area (Å²) in [6, 6.07) is 7.81. The predicted octanol–water partition coefficient (Wildman–Crippen LogP) is 4.25. The fourth-order valence-electron chi connectivity index (χ4n) is 2.37. The molecule has 0 fully saturated rings. The van der Waals surface area contributed by atoms with Gasteiger partial charge in [0, 0.05) is 6.07 Å². The van der Waals surface area contributed by atoms with Gasteiger partial charge in [-0.2, -0.15) is 0 Å². The Hall–Kier alpha value is -2.63. The van der Waals surface area contributed by atoms with Crippen LogP contribution >= 0.6 is 0 Å². The number of nitrogens with one attached hydrogen (secondary N) is 1. The lowest BCUT2D eigenvalue weighted by Crippen LogP contribution is -2.27. The standard InChI is InChI=1S/C19H21F2NO3/c1-4-24-17-9-6-13(10-18(17)25-5-2)12(3)22-19(23)15-8-7-14(20)11-16(15)21/h6-12H,4-5H2,1-3H3,(H,22,23)/t12-/m1/s1. The van der Waals surface area contributed by atoms with Gasteiger partial charge in [-0.1, -0.05) is 6.07 Å². The highest BCUT2D eigenvalue weighted by molar-refractivity contribution is 5.94. The monoisotopic (exact) mass is 349 g/mol. The molecule has 0 heterocycles. The molecule has 6 heteroatoms. The molecule has 0 saturated carbocycles.